The van der Waals surface area contributed by atoms with Crippen molar-refractivity contribution in [2.45, 2.75) is 57.0 Å². The second kappa shape index (κ2) is 4.21. The zero-order valence-electron chi connectivity index (χ0n) is 7.31. The summed E-state index contributed by atoms with van der Waals surface area (Å²) in [6.07, 6.45) is 8.62. The van der Waals surface area contributed by atoms with Crippen molar-refractivity contribution < 1.29 is 4.57 Å². The minimum atomic E-state index is 0.188. The van der Waals surface area contributed by atoms with Gasteiger partial charge in [0, 0.05) is 0 Å². The molecule has 0 bridgehead atoms. The van der Waals surface area contributed by atoms with E-state index in [1.54, 1.807) is 0 Å². The normalized spacial score (nSPS) is 23.7. The Hall–Kier alpha value is 0.100. The fourth-order valence-corrected chi connectivity index (χ4v) is 2.88. The maximum Gasteiger partial charge on any atom is 0.162 e. The smallest absolute Gasteiger partial charge is 0.162 e. The van der Waals surface area contributed by atoms with Gasteiger partial charge in [0.05, 0.1) is 5.16 Å². The van der Waals surface area contributed by atoms with Gasteiger partial charge in [-0.15, -0.1) is 0 Å². The van der Waals surface area contributed by atoms with E-state index >= 15 is 0 Å². The quantitative estimate of drug-likeness (QED) is 0.592. The molecule has 0 amide bonds. The summed E-state index contributed by atoms with van der Waals surface area (Å²) < 4.78 is 11.0. The summed E-state index contributed by atoms with van der Waals surface area (Å²) >= 11 is 0. The van der Waals surface area contributed by atoms with E-state index in [1.165, 1.54) is 38.5 Å². The molecule has 1 saturated carbocycles. The van der Waals surface area contributed by atoms with E-state index in [0.29, 0.717) is 8.46 Å². The lowest BCUT2D eigenvalue weighted by Crippen LogP contribution is -2.24. The van der Waals surface area contributed by atoms with E-state index in [1.807, 2.05) is 0 Å². The van der Waals surface area contributed by atoms with Crippen LogP contribution in [0.5, 0.6) is 0 Å². The fraction of sp³-hybridized carbons (Fsp3) is 1.00. The molecule has 0 radical (unpaired) electrons. The fourth-order valence-electron chi connectivity index (χ4n) is 2.06. The highest BCUT2D eigenvalue weighted by molar-refractivity contribution is 7.26. The third-order valence-electron chi connectivity index (χ3n) is 2.69. The Balaban J connectivity index is 2.49. The Morgan fingerprint density at radius 2 is 1.91 bits per heavy atom. The van der Waals surface area contributed by atoms with Crippen LogP contribution in [0.2, 0.25) is 0 Å². The van der Waals surface area contributed by atoms with Crippen molar-refractivity contribution in [1.29, 1.82) is 0 Å². The molecule has 0 unspecified atom stereocenters. The van der Waals surface area contributed by atoms with Crippen LogP contribution in [-0.2, 0) is 4.57 Å². The van der Waals surface area contributed by atoms with Gasteiger partial charge in [-0.2, -0.15) is 0 Å². The van der Waals surface area contributed by atoms with Crippen LogP contribution in [0.3, 0.4) is 0 Å². The van der Waals surface area contributed by atoms with Crippen molar-refractivity contribution in [2.75, 3.05) is 0 Å². The molecule has 11 heavy (non-hydrogen) atoms. The SMILES string of the molecule is CCCC1(P=O)CCCCC1. The molecule has 0 atom stereocenters. The predicted molar refractivity (Wildman–Crippen MR) is 48.3 cm³/mol. The van der Waals surface area contributed by atoms with E-state index in [9.17, 15) is 4.57 Å². The van der Waals surface area contributed by atoms with Crippen LogP contribution in [-0.4, -0.2) is 5.16 Å². The lowest BCUT2D eigenvalue weighted by atomic mass is 9.85. The first kappa shape index (κ1) is 9.19. The van der Waals surface area contributed by atoms with Crippen molar-refractivity contribution in [1.82, 2.24) is 0 Å². The highest BCUT2D eigenvalue weighted by atomic mass is 31.1. The van der Waals surface area contributed by atoms with Gasteiger partial charge >= 0.3 is 0 Å². The van der Waals surface area contributed by atoms with Gasteiger partial charge in [0.1, 0.15) is 0 Å². The molecule has 0 aromatic heterocycles. The topological polar surface area (TPSA) is 17.1 Å². The van der Waals surface area contributed by atoms with Gasteiger partial charge in [-0.05, 0) is 19.3 Å². The third-order valence-corrected chi connectivity index (χ3v) is 3.75. The van der Waals surface area contributed by atoms with Crippen LogP contribution in [0.25, 0.3) is 0 Å². The van der Waals surface area contributed by atoms with Gasteiger partial charge in [0.25, 0.3) is 0 Å². The zero-order valence-corrected chi connectivity index (χ0v) is 8.20. The number of hydrogen-bond acceptors (Lipinski definition) is 1. The molecule has 1 aliphatic carbocycles. The van der Waals surface area contributed by atoms with Gasteiger partial charge in [0.2, 0.25) is 0 Å². The summed E-state index contributed by atoms with van der Waals surface area (Å²) in [5, 5.41) is 0.188. The Bertz CT molecular complexity index is 122. The molecule has 0 aromatic carbocycles. The van der Waals surface area contributed by atoms with E-state index in [-0.39, 0.29) is 5.16 Å². The predicted octanol–water partition coefficient (Wildman–Crippen LogP) is 3.78. The van der Waals surface area contributed by atoms with Gasteiger partial charge in [-0.1, -0.05) is 32.6 Å². The second-order valence-corrected chi connectivity index (χ2v) is 4.76. The molecule has 0 aliphatic heterocycles. The minimum absolute atomic E-state index is 0.188. The third kappa shape index (κ3) is 2.27. The molecule has 0 saturated heterocycles. The summed E-state index contributed by atoms with van der Waals surface area (Å²) in [6, 6.07) is 0. The average Bonchev–Trinajstić information content (AvgIpc) is 2.07. The zero-order chi connectivity index (χ0) is 8.16. The van der Waals surface area contributed by atoms with Crippen LogP contribution in [0.15, 0.2) is 0 Å². The van der Waals surface area contributed by atoms with Crippen LogP contribution in [0.1, 0.15) is 51.9 Å². The standard InChI is InChI=1S/C9H17OP/c1-2-6-9(11-10)7-4-3-5-8-9/h2-8H2,1H3. The summed E-state index contributed by atoms with van der Waals surface area (Å²) in [5.74, 6) is 0. The summed E-state index contributed by atoms with van der Waals surface area (Å²) in [7, 11) is 0.401. The first-order chi connectivity index (χ1) is 5.33. The lowest BCUT2D eigenvalue weighted by Gasteiger charge is -2.30. The summed E-state index contributed by atoms with van der Waals surface area (Å²) in [5.41, 5.74) is 0. The monoisotopic (exact) mass is 172 g/mol. The van der Waals surface area contributed by atoms with E-state index in [2.05, 4.69) is 6.92 Å². The summed E-state index contributed by atoms with van der Waals surface area (Å²) in [6.45, 7) is 2.18. The van der Waals surface area contributed by atoms with E-state index in [0.717, 1.165) is 6.42 Å². The maximum absolute atomic E-state index is 11.0. The molecule has 64 valence electrons. The van der Waals surface area contributed by atoms with Crippen molar-refractivity contribution in [3.63, 3.8) is 0 Å². The molecule has 0 spiro atoms. The highest BCUT2D eigenvalue weighted by Crippen LogP contribution is 2.42. The molecular formula is C9H17OP. The van der Waals surface area contributed by atoms with Crippen LogP contribution >= 0.6 is 8.46 Å². The molecule has 1 aliphatic rings. The average molecular weight is 172 g/mol. The van der Waals surface area contributed by atoms with Crippen molar-refractivity contribution >= 4 is 8.46 Å². The lowest BCUT2D eigenvalue weighted by molar-refractivity contribution is 0.363. The van der Waals surface area contributed by atoms with Crippen LogP contribution in [0, 0.1) is 0 Å². The van der Waals surface area contributed by atoms with Gasteiger partial charge < -0.3 is 0 Å². The molecular weight excluding hydrogens is 155 g/mol. The van der Waals surface area contributed by atoms with Crippen molar-refractivity contribution in [3.05, 3.63) is 0 Å². The molecule has 1 fully saturated rings. The van der Waals surface area contributed by atoms with E-state index < -0.39 is 0 Å². The Kier molecular flexibility index (Phi) is 3.51. The van der Waals surface area contributed by atoms with Crippen LogP contribution < -0.4 is 0 Å². The van der Waals surface area contributed by atoms with Gasteiger partial charge in [-0.3, -0.25) is 4.57 Å². The van der Waals surface area contributed by atoms with Gasteiger partial charge in [-0.25, -0.2) is 0 Å². The molecule has 0 N–H and O–H groups in total. The maximum atomic E-state index is 11.0. The number of rotatable bonds is 3. The summed E-state index contributed by atoms with van der Waals surface area (Å²) in [4.78, 5) is 0. The van der Waals surface area contributed by atoms with Crippen molar-refractivity contribution in [2.24, 2.45) is 0 Å². The largest absolute Gasteiger partial charge is 0.274 e. The number of hydrogen-bond donors (Lipinski definition) is 0. The van der Waals surface area contributed by atoms with Crippen LogP contribution in [0.4, 0.5) is 0 Å². The first-order valence-electron chi connectivity index (χ1n) is 4.67. The molecule has 0 aromatic rings. The molecule has 2 heteroatoms. The van der Waals surface area contributed by atoms with Crippen molar-refractivity contribution in [3.8, 4) is 0 Å². The Morgan fingerprint density at radius 3 is 2.36 bits per heavy atom. The highest BCUT2D eigenvalue weighted by Gasteiger charge is 2.31. The Labute approximate surface area is 70.8 Å². The van der Waals surface area contributed by atoms with E-state index in [4.69, 9.17) is 0 Å². The molecule has 1 nitrogen and oxygen atoms in total. The minimum Gasteiger partial charge on any atom is -0.274 e. The molecule has 0 heterocycles. The second-order valence-electron chi connectivity index (χ2n) is 3.63. The van der Waals surface area contributed by atoms with Gasteiger partial charge in [0.15, 0.2) is 8.46 Å². The molecule has 1 rings (SSSR count). The Morgan fingerprint density at radius 1 is 1.27 bits per heavy atom. The first-order valence-corrected chi connectivity index (χ1v) is 5.49.